The lowest BCUT2D eigenvalue weighted by molar-refractivity contribution is -0.137. The summed E-state index contributed by atoms with van der Waals surface area (Å²) in [4.78, 5) is 34.0. The summed E-state index contributed by atoms with van der Waals surface area (Å²) in [5.74, 6) is 0.428. The van der Waals surface area contributed by atoms with Gasteiger partial charge in [-0.3, -0.25) is 9.59 Å². The van der Waals surface area contributed by atoms with E-state index in [-0.39, 0.29) is 17.7 Å². The number of imidazole rings is 1. The Bertz CT molecular complexity index is 1060. The molecule has 0 bridgehead atoms. The number of carbonyl (C=O) groups is 2. The summed E-state index contributed by atoms with van der Waals surface area (Å²) in [5, 5.41) is 0. The molecule has 1 unspecified atom stereocenters. The van der Waals surface area contributed by atoms with E-state index in [4.69, 9.17) is 9.40 Å². The van der Waals surface area contributed by atoms with E-state index in [9.17, 15) is 9.59 Å². The van der Waals surface area contributed by atoms with Crippen molar-refractivity contribution in [2.75, 3.05) is 26.2 Å². The number of rotatable bonds is 2. The highest BCUT2D eigenvalue weighted by Crippen LogP contribution is 2.28. The molecule has 2 aliphatic rings. The predicted octanol–water partition coefficient (Wildman–Crippen LogP) is 2.33. The molecule has 29 heavy (non-hydrogen) atoms. The molecule has 7 nitrogen and oxygen atoms in total. The molecular weight excluding hydrogens is 368 g/mol. The van der Waals surface area contributed by atoms with Crippen molar-refractivity contribution < 1.29 is 14.0 Å². The molecule has 0 radical (unpaired) electrons. The zero-order valence-corrected chi connectivity index (χ0v) is 16.5. The Labute approximate surface area is 168 Å². The number of pyridine rings is 1. The molecule has 1 fully saturated rings. The highest BCUT2D eigenvalue weighted by molar-refractivity contribution is 5.91. The zero-order valence-electron chi connectivity index (χ0n) is 16.5. The van der Waals surface area contributed by atoms with Crippen molar-refractivity contribution in [2.45, 2.75) is 26.2 Å². The quantitative estimate of drug-likeness (QED) is 0.671. The highest BCUT2D eigenvalue weighted by Gasteiger charge is 2.33. The van der Waals surface area contributed by atoms with E-state index in [1.54, 1.807) is 17.0 Å². The molecule has 0 spiro atoms. The first-order valence-electron chi connectivity index (χ1n) is 10.2. The molecule has 0 saturated carbocycles. The number of furan rings is 1. The van der Waals surface area contributed by atoms with Gasteiger partial charge in [-0.1, -0.05) is 0 Å². The van der Waals surface area contributed by atoms with E-state index in [1.165, 1.54) is 11.8 Å². The maximum atomic E-state index is 13.2. The standard InChI is InChI=1S/C22H24N4O3/c1-15-6-7-26-18-14-16(4-5-17(18)23-20(26)13-15)21(27)24-8-10-25(11-9-24)22(28)19-3-2-12-29-19/h2-3,6-7,12-13,16H,4-5,8-11,14H2,1H3. The van der Waals surface area contributed by atoms with Gasteiger partial charge in [0.1, 0.15) is 5.65 Å². The van der Waals surface area contributed by atoms with Crippen molar-refractivity contribution >= 4 is 17.5 Å². The van der Waals surface area contributed by atoms with Gasteiger partial charge in [0, 0.05) is 50.4 Å². The van der Waals surface area contributed by atoms with Crippen LogP contribution in [0, 0.1) is 12.8 Å². The summed E-state index contributed by atoms with van der Waals surface area (Å²) in [6.07, 6.45) is 5.96. The molecule has 7 heteroatoms. The number of hydrogen-bond donors (Lipinski definition) is 0. The van der Waals surface area contributed by atoms with Crippen LogP contribution < -0.4 is 0 Å². The Morgan fingerprint density at radius 2 is 1.93 bits per heavy atom. The van der Waals surface area contributed by atoms with Gasteiger partial charge in [0.25, 0.3) is 5.91 Å². The van der Waals surface area contributed by atoms with Crippen molar-refractivity contribution in [2.24, 2.45) is 5.92 Å². The zero-order chi connectivity index (χ0) is 20.0. The number of nitrogens with zero attached hydrogens (tertiary/aromatic N) is 4. The largest absolute Gasteiger partial charge is 0.459 e. The molecule has 0 aromatic carbocycles. The van der Waals surface area contributed by atoms with Crippen LogP contribution in [-0.2, 0) is 17.6 Å². The van der Waals surface area contributed by atoms with Gasteiger partial charge in [0.2, 0.25) is 5.91 Å². The van der Waals surface area contributed by atoms with Gasteiger partial charge in [-0.25, -0.2) is 4.98 Å². The number of hydrogen-bond acceptors (Lipinski definition) is 4. The number of fused-ring (bicyclic) bond motifs is 3. The van der Waals surface area contributed by atoms with E-state index in [0.29, 0.717) is 31.9 Å². The summed E-state index contributed by atoms with van der Waals surface area (Å²) in [5.41, 5.74) is 4.44. The molecule has 2 amide bonds. The number of aromatic nitrogens is 2. The van der Waals surface area contributed by atoms with Crippen LogP contribution in [0.25, 0.3) is 5.65 Å². The molecule has 1 saturated heterocycles. The van der Waals surface area contributed by atoms with E-state index in [1.807, 2.05) is 4.90 Å². The van der Waals surface area contributed by atoms with Crippen LogP contribution in [0.3, 0.4) is 0 Å². The van der Waals surface area contributed by atoms with Crippen LogP contribution in [-0.4, -0.2) is 57.2 Å². The van der Waals surface area contributed by atoms with E-state index >= 15 is 0 Å². The number of aryl methyl sites for hydroxylation is 2. The molecule has 1 atom stereocenters. The minimum Gasteiger partial charge on any atom is -0.459 e. The number of carbonyl (C=O) groups excluding carboxylic acids is 2. The smallest absolute Gasteiger partial charge is 0.289 e. The minimum atomic E-state index is -0.106. The summed E-state index contributed by atoms with van der Waals surface area (Å²) in [6.45, 7) is 4.29. The van der Waals surface area contributed by atoms with Gasteiger partial charge in [0.05, 0.1) is 12.0 Å². The maximum absolute atomic E-state index is 13.2. The first-order chi connectivity index (χ1) is 14.1. The summed E-state index contributed by atoms with van der Waals surface area (Å²) < 4.78 is 7.33. The third-order valence-corrected chi connectivity index (χ3v) is 6.09. The van der Waals surface area contributed by atoms with Crippen molar-refractivity contribution in [1.29, 1.82) is 0 Å². The molecule has 150 valence electrons. The van der Waals surface area contributed by atoms with Gasteiger partial charge in [0.15, 0.2) is 5.76 Å². The molecule has 0 N–H and O–H groups in total. The molecule has 1 aliphatic heterocycles. The minimum absolute atomic E-state index is 0.0176. The van der Waals surface area contributed by atoms with Gasteiger partial charge in [-0.15, -0.1) is 0 Å². The van der Waals surface area contributed by atoms with Crippen molar-refractivity contribution in [3.8, 4) is 0 Å². The van der Waals surface area contributed by atoms with E-state index < -0.39 is 0 Å². The van der Waals surface area contributed by atoms with Gasteiger partial charge >= 0.3 is 0 Å². The topological polar surface area (TPSA) is 71.1 Å². The monoisotopic (exact) mass is 392 g/mol. The van der Waals surface area contributed by atoms with Crippen molar-refractivity contribution in [1.82, 2.24) is 19.2 Å². The molecule has 5 rings (SSSR count). The van der Waals surface area contributed by atoms with E-state index in [0.717, 1.165) is 36.3 Å². The fraction of sp³-hybridized carbons (Fsp3) is 0.409. The molecule has 1 aliphatic carbocycles. The Kier molecular flexibility index (Phi) is 4.38. The third kappa shape index (κ3) is 3.20. The second-order valence-corrected chi connectivity index (χ2v) is 7.97. The fourth-order valence-electron chi connectivity index (χ4n) is 4.46. The Hall–Kier alpha value is -3.09. The second-order valence-electron chi connectivity index (χ2n) is 7.97. The fourth-order valence-corrected chi connectivity index (χ4v) is 4.46. The predicted molar refractivity (Wildman–Crippen MR) is 107 cm³/mol. The Morgan fingerprint density at radius 1 is 1.14 bits per heavy atom. The van der Waals surface area contributed by atoms with Gasteiger partial charge in [-0.05, 0) is 49.6 Å². The molecule has 4 heterocycles. The molecular formula is C22H24N4O3. The van der Waals surface area contributed by atoms with Crippen LogP contribution in [0.15, 0.2) is 41.1 Å². The van der Waals surface area contributed by atoms with Gasteiger partial charge in [-0.2, -0.15) is 0 Å². The van der Waals surface area contributed by atoms with E-state index in [2.05, 4.69) is 29.7 Å². The normalized spacial score (nSPS) is 19.4. The Morgan fingerprint density at radius 3 is 2.69 bits per heavy atom. The average molecular weight is 392 g/mol. The van der Waals surface area contributed by atoms with Crippen LogP contribution in [0.4, 0.5) is 0 Å². The van der Waals surface area contributed by atoms with Crippen molar-refractivity contribution in [3.05, 3.63) is 59.4 Å². The highest BCUT2D eigenvalue weighted by atomic mass is 16.3. The third-order valence-electron chi connectivity index (χ3n) is 6.09. The summed E-state index contributed by atoms with van der Waals surface area (Å²) in [6, 6.07) is 7.56. The average Bonchev–Trinajstić information content (AvgIpc) is 3.40. The Balaban J connectivity index is 1.25. The van der Waals surface area contributed by atoms with Crippen LogP contribution in [0.5, 0.6) is 0 Å². The number of amides is 2. The lowest BCUT2D eigenvalue weighted by Gasteiger charge is -2.36. The summed E-state index contributed by atoms with van der Waals surface area (Å²) >= 11 is 0. The second kappa shape index (κ2) is 7.06. The van der Waals surface area contributed by atoms with Crippen LogP contribution in [0.1, 0.15) is 33.9 Å². The maximum Gasteiger partial charge on any atom is 0.289 e. The van der Waals surface area contributed by atoms with Gasteiger partial charge < -0.3 is 18.6 Å². The van der Waals surface area contributed by atoms with Crippen LogP contribution >= 0.6 is 0 Å². The molecule has 3 aromatic heterocycles. The molecule has 3 aromatic rings. The first-order valence-corrected chi connectivity index (χ1v) is 10.2. The first kappa shape index (κ1) is 18.0. The van der Waals surface area contributed by atoms with Crippen LogP contribution in [0.2, 0.25) is 0 Å². The lowest BCUT2D eigenvalue weighted by atomic mass is 9.88. The number of piperazine rings is 1. The van der Waals surface area contributed by atoms with Crippen molar-refractivity contribution in [3.63, 3.8) is 0 Å². The SMILES string of the molecule is Cc1ccn2c3c(nc2c1)CCC(C(=O)N1CCN(C(=O)c2ccco2)CC1)C3. The summed E-state index contributed by atoms with van der Waals surface area (Å²) in [7, 11) is 0. The lowest BCUT2D eigenvalue weighted by Crippen LogP contribution is -2.52.